The molecule has 0 atom stereocenters. The predicted molar refractivity (Wildman–Crippen MR) is 131 cm³/mol. The van der Waals surface area contributed by atoms with Crippen LogP contribution in [0.25, 0.3) is 0 Å². The molecule has 1 N–H and O–H groups in total. The topological polar surface area (TPSA) is 103 Å². The number of fused-ring (bicyclic) bond motifs is 3. The largest absolute Gasteiger partial charge is 0.456 e. The van der Waals surface area contributed by atoms with Crippen molar-refractivity contribution in [3.05, 3.63) is 60.2 Å². The second-order valence-corrected chi connectivity index (χ2v) is 10.7. The first-order valence-corrected chi connectivity index (χ1v) is 13.3. The van der Waals surface area contributed by atoms with Gasteiger partial charge >= 0.3 is 0 Å². The van der Waals surface area contributed by atoms with Gasteiger partial charge in [-0.2, -0.15) is 4.31 Å². The van der Waals surface area contributed by atoms with Gasteiger partial charge in [0, 0.05) is 25.2 Å². The number of carbonyl (C=O) groups excluding carboxylic acids is 1. The van der Waals surface area contributed by atoms with Gasteiger partial charge in [0.15, 0.2) is 23.0 Å². The third-order valence-electron chi connectivity index (χ3n) is 6.40. The Bertz CT molecular complexity index is 1450. The zero-order chi connectivity index (χ0) is 24.7. The molecule has 0 aliphatic carbocycles. The second-order valence-electron chi connectivity index (χ2n) is 8.78. The van der Waals surface area contributed by atoms with E-state index in [4.69, 9.17) is 18.9 Å². The minimum atomic E-state index is -3.97. The zero-order valence-electron chi connectivity index (χ0n) is 19.4. The van der Waals surface area contributed by atoms with Crippen molar-refractivity contribution in [2.75, 3.05) is 25.2 Å². The standard InChI is InChI=1S/C26H24N2O7S/c29-26-18-14-25(36(30,31)28-11-5-1-2-6-12-28)24(34-17-9-10-21-23(13-17)33-16-32-21)15-22(18)35-20-8-4-3-7-19(20)27-26/h3-4,7-10,13-15H,1-2,5-6,11-12,16H2,(H,27,29). The highest BCUT2D eigenvalue weighted by molar-refractivity contribution is 7.89. The number of carbonyl (C=O) groups is 1. The molecule has 10 heteroatoms. The Morgan fingerprint density at radius 1 is 0.833 bits per heavy atom. The number of nitrogens with one attached hydrogen (secondary N) is 1. The van der Waals surface area contributed by atoms with E-state index in [2.05, 4.69) is 5.32 Å². The SMILES string of the molecule is O=C1Nc2ccccc2Oc2cc(Oc3ccc4c(c3)OCO4)c(S(=O)(=O)N3CCCCCC3)cc21. The first-order chi connectivity index (χ1) is 17.5. The van der Waals surface area contributed by atoms with Gasteiger partial charge in [-0.3, -0.25) is 4.79 Å². The lowest BCUT2D eigenvalue weighted by Gasteiger charge is -2.22. The van der Waals surface area contributed by atoms with E-state index < -0.39 is 15.9 Å². The number of hydrogen-bond acceptors (Lipinski definition) is 7. The third-order valence-corrected chi connectivity index (χ3v) is 8.32. The summed E-state index contributed by atoms with van der Waals surface area (Å²) in [6.07, 6.45) is 3.51. The van der Waals surface area contributed by atoms with Crippen LogP contribution in [0, 0.1) is 0 Å². The van der Waals surface area contributed by atoms with E-state index in [-0.39, 0.29) is 28.8 Å². The molecule has 0 radical (unpaired) electrons. The molecule has 9 nitrogen and oxygen atoms in total. The van der Waals surface area contributed by atoms with E-state index in [9.17, 15) is 13.2 Å². The van der Waals surface area contributed by atoms with Crippen molar-refractivity contribution in [1.82, 2.24) is 4.31 Å². The number of nitrogens with zero attached hydrogens (tertiary/aromatic N) is 1. The average Bonchev–Trinajstić information content (AvgIpc) is 3.07. The van der Waals surface area contributed by atoms with Crippen molar-refractivity contribution in [2.45, 2.75) is 30.6 Å². The normalized spacial score (nSPS) is 17.2. The molecule has 3 heterocycles. The highest BCUT2D eigenvalue weighted by Crippen LogP contribution is 2.43. The number of benzene rings is 3. The fourth-order valence-electron chi connectivity index (χ4n) is 4.54. The number of amides is 1. The van der Waals surface area contributed by atoms with Gasteiger partial charge < -0.3 is 24.3 Å². The fraction of sp³-hybridized carbons (Fsp3) is 0.269. The molecule has 3 aromatic carbocycles. The van der Waals surface area contributed by atoms with Gasteiger partial charge in [-0.15, -0.1) is 0 Å². The molecule has 1 amide bonds. The van der Waals surface area contributed by atoms with Crippen LogP contribution in [-0.2, 0) is 10.0 Å². The number of hydrogen-bond donors (Lipinski definition) is 1. The molecular formula is C26H24N2O7S. The summed E-state index contributed by atoms with van der Waals surface area (Å²) >= 11 is 0. The molecular weight excluding hydrogens is 484 g/mol. The van der Waals surface area contributed by atoms with Crippen LogP contribution in [0.4, 0.5) is 5.69 Å². The number of para-hydroxylation sites is 2. The summed E-state index contributed by atoms with van der Waals surface area (Å²) in [5, 5.41) is 2.80. The monoisotopic (exact) mass is 508 g/mol. The van der Waals surface area contributed by atoms with Crippen LogP contribution < -0.4 is 24.3 Å². The summed E-state index contributed by atoms with van der Waals surface area (Å²) in [5.74, 6) is 1.69. The summed E-state index contributed by atoms with van der Waals surface area (Å²) in [7, 11) is -3.97. The van der Waals surface area contributed by atoms with E-state index in [1.807, 2.05) is 0 Å². The van der Waals surface area contributed by atoms with E-state index in [0.29, 0.717) is 41.8 Å². The molecule has 3 aliphatic heterocycles. The lowest BCUT2D eigenvalue weighted by molar-refractivity contribution is 0.102. The molecule has 3 aromatic rings. The van der Waals surface area contributed by atoms with Crippen molar-refractivity contribution in [1.29, 1.82) is 0 Å². The molecule has 1 saturated heterocycles. The maximum absolute atomic E-state index is 13.9. The molecule has 36 heavy (non-hydrogen) atoms. The molecule has 186 valence electrons. The fourth-order valence-corrected chi connectivity index (χ4v) is 6.18. The van der Waals surface area contributed by atoms with Crippen molar-refractivity contribution >= 4 is 21.6 Å². The molecule has 3 aliphatic rings. The van der Waals surface area contributed by atoms with E-state index in [1.165, 1.54) is 16.4 Å². The smallest absolute Gasteiger partial charge is 0.259 e. The van der Waals surface area contributed by atoms with Crippen molar-refractivity contribution < 1.29 is 32.2 Å². The highest BCUT2D eigenvalue weighted by Gasteiger charge is 2.33. The Morgan fingerprint density at radius 2 is 1.61 bits per heavy atom. The van der Waals surface area contributed by atoms with Gasteiger partial charge in [-0.05, 0) is 43.2 Å². The molecule has 1 fully saturated rings. The Morgan fingerprint density at radius 3 is 2.44 bits per heavy atom. The Kier molecular flexibility index (Phi) is 5.69. The number of ether oxygens (including phenoxy) is 4. The lowest BCUT2D eigenvalue weighted by Crippen LogP contribution is -2.32. The van der Waals surface area contributed by atoms with E-state index in [1.54, 1.807) is 42.5 Å². The van der Waals surface area contributed by atoms with Gasteiger partial charge in [0.1, 0.15) is 16.4 Å². The maximum Gasteiger partial charge on any atom is 0.259 e. The van der Waals surface area contributed by atoms with Crippen LogP contribution >= 0.6 is 0 Å². The van der Waals surface area contributed by atoms with Crippen molar-refractivity contribution in [2.24, 2.45) is 0 Å². The minimum Gasteiger partial charge on any atom is -0.456 e. The van der Waals surface area contributed by atoms with Crippen LogP contribution in [0.5, 0.6) is 34.5 Å². The summed E-state index contributed by atoms with van der Waals surface area (Å²) < 4.78 is 52.2. The molecule has 0 spiro atoms. The zero-order valence-corrected chi connectivity index (χ0v) is 20.2. The Balaban J connectivity index is 1.47. The number of anilines is 1. The van der Waals surface area contributed by atoms with Gasteiger partial charge in [0.2, 0.25) is 16.8 Å². The van der Waals surface area contributed by atoms with Gasteiger partial charge in [-0.25, -0.2) is 8.42 Å². The lowest BCUT2D eigenvalue weighted by atomic mass is 10.1. The molecule has 6 rings (SSSR count). The average molecular weight is 509 g/mol. The van der Waals surface area contributed by atoms with Crippen LogP contribution in [0.3, 0.4) is 0 Å². The van der Waals surface area contributed by atoms with Crippen LogP contribution in [0.15, 0.2) is 59.5 Å². The summed E-state index contributed by atoms with van der Waals surface area (Å²) in [6.45, 7) is 0.933. The molecule has 0 aromatic heterocycles. The summed E-state index contributed by atoms with van der Waals surface area (Å²) in [6, 6.07) is 14.8. The van der Waals surface area contributed by atoms with Crippen molar-refractivity contribution in [3.8, 4) is 34.5 Å². The quantitative estimate of drug-likeness (QED) is 0.521. The van der Waals surface area contributed by atoms with Gasteiger partial charge in [0.05, 0.1) is 11.3 Å². The van der Waals surface area contributed by atoms with E-state index >= 15 is 0 Å². The second kappa shape index (κ2) is 9.03. The molecule has 0 unspecified atom stereocenters. The minimum absolute atomic E-state index is 0.0593. The predicted octanol–water partition coefficient (Wildman–Crippen LogP) is 5.13. The van der Waals surface area contributed by atoms with Gasteiger partial charge in [0.25, 0.3) is 5.91 Å². The highest BCUT2D eigenvalue weighted by atomic mass is 32.2. The number of sulfonamides is 1. The van der Waals surface area contributed by atoms with Gasteiger partial charge in [-0.1, -0.05) is 25.0 Å². The molecule has 0 bridgehead atoms. The first-order valence-electron chi connectivity index (χ1n) is 11.8. The Labute approximate surface area is 208 Å². The van der Waals surface area contributed by atoms with Crippen LogP contribution in [0.2, 0.25) is 0 Å². The maximum atomic E-state index is 13.9. The Hall–Kier alpha value is -3.76. The van der Waals surface area contributed by atoms with Crippen LogP contribution in [0.1, 0.15) is 36.0 Å². The summed E-state index contributed by atoms with van der Waals surface area (Å²) in [4.78, 5) is 13.0. The van der Waals surface area contributed by atoms with Crippen LogP contribution in [-0.4, -0.2) is 38.5 Å². The number of rotatable bonds is 4. The first kappa shape index (κ1) is 22.7. The molecule has 0 saturated carbocycles. The van der Waals surface area contributed by atoms with Crippen molar-refractivity contribution in [3.63, 3.8) is 0 Å². The van der Waals surface area contributed by atoms with E-state index in [0.717, 1.165) is 25.7 Å². The third kappa shape index (κ3) is 4.12. The summed E-state index contributed by atoms with van der Waals surface area (Å²) in [5.41, 5.74) is 0.603.